The Labute approximate surface area is 221 Å². The van der Waals surface area contributed by atoms with E-state index in [-0.39, 0.29) is 46.2 Å². The molecule has 2 amide bonds. The Kier molecular flexibility index (Phi) is 6.85. The maximum absolute atomic E-state index is 14.1. The van der Waals surface area contributed by atoms with E-state index >= 15 is 0 Å². The molecule has 0 radical (unpaired) electrons. The lowest BCUT2D eigenvalue weighted by Crippen LogP contribution is -2.67. The minimum Gasteiger partial charge on any atom is -0.484 e. The number of rotatable bonds is 7. The van der Waals surface area contributed by atoms with Crippen LogP contribution in [0.4, 0.5) is 13.2 Å². The number of nitrogens with zero attached hydrogens (tertiary/aromatic N) is 1. The SMILES string of the molecule is CC1CC2(NC(=O)c3cc(-c4c(F)cccc4F)no3)CCC1(NC(=O)COc1ccc(Cl)c(F)c1)CC2. The van der Waals surface area contributed by atoms with Crippen molar-refractivity contribution in [3.63, 3.8) is 0 Å². The number of nitrogens with one attached hydrogen (secondary N) is 2. The standard InChI is InChI=1S/C27H25ClF3N3O4/c1-15-13-26(33-25(36)22-12-21(34-38-22)24-18(29)3-2-4-19(24)30)7-9-27(15,10-8-26)32-23(35)14-37-16-5-6-17(28)20(31)11-16/h2-6,11-12,15H,7-10,13-14H2,1H3,(H,32,35)(H,33,36). The molecule has 0 aliphatic heterocycles. The highest BCUT2D eigenvalue weighted by atomic mass is 35.5. The van der Waals surface area contributed by atoms with Gasteiger partial charge >= 0.3 is 0 Å². The van der Waals surface area contributed by atoms with Crippen molar-refractivity contribution < 1.29 is 32.0 Å². The van der Waals surface area contributed by atoms with Gasteiger partial charge < -0.3 is 19.9 Å². The summed E-state index contributed by atoms with van der Waals surface area (Å²) >= 11 is 5.67. The van der Waals surface area contributed by atoms with E-state index in [1.807, 2.05) is 6.92 Å². The van der Waals surface area contributed by atoms with Crippen molar-refractivity contribution in [3.8, 4) is 17.0 Å². The van der Waals surface area contributed by atoms with Crippen LogP contribution in [0.3, 0.4) is 0 Å². The van der Waals surface area contributed by atoms with E-state index in [1.165, 1.54) is 24.3 Å². The van der Waals surface area contributed by atoms with Gasteiger partial charge in [-0.15, -0.1) is 0 Å². The van der Waals surface area contributed by atoms with E-state index in [4.69, 9.17) is 20.9 Å². The van der Waals surface area contributed by atoms with Crippen LogP contribution >= 0.6 is 11.6 Å². The highest BCUT2D eigenvalue weighted by molar-refractivity contribution is 6.30. The molecule has 2 N–H and O–H groups in total. The molecule has 200 valence electrons. The molecule has 11 heteroatoms. The minimum atomic E-state index is -0.804. The summed E-state index contributed by atoms with van der Waals surface area (Å²) < 4.78 is 52.3. The van der Waals surface area contributed by atoms with Gasteiger partial charge in [-0.3, -0.25) is 9.59 Å². The van der Waals surface area contributed by atoms with Gasteiger partial charge in [0.05, 0.1) is 10.6 Å². The molecular formula is C27H25ClF3N3O4. The van der Waals surface area contributed by atoms with Crippen LogP contribution in [0.5, 0.6) is 5.75 Å². The maximum Gasteiger partial charge on any atom is 0.290 e. The van der Waals surface area contributed by atoms with Crippen LogP contribution in [0, 0.1) is 23.4 Å². The maximum atomic E-state index is 14.1. The molecule has 6 rings (SSSR count). The predicted molar refractivity (Wildman–Crippen MR) is 132 cm³/mol. The van der Waals surface area contributed by atoms with Crippen molar-refractivity contribution in [1.82, 2.24) is 15.8 Å². The average molecular weight is 548 g/mol. The largest absolute Gasteiger partial charge is 0.484 e. The first-order chi connectivity index (χ1) is 18.1. The number of carbonyl (C=O) groups is 2. The van der Waals surface area contributed by atoms with Gasteiger partial charge in [-0.25, -0.2) is 13.2 Å². The number of hydrogen-bond donors (Lipinski definition) is 2. The van der Waals surface area contributed by atoms with Crippen LogP contribution in [0.25, 0.3) is 11.3 Å². The number of halogens is 4. The quantitative estimate of drug-likeness (QED) is 0.411. The first-order valence-electron chi connectivity index (χ1n) is 12.2. The molecule has 1 aromatic heterocycles. The molecule has 1 unspecified atom stereocenters. The highest BCUT2D eigenvalue weighted by Gasteiger charge is 2.54. The zero-order chi connectivity index (χ0) is 27.1. The Morgan fingerprint density at radius 1 is 1.05 bits per heavy atom. The van der Waals surface area contributed by atoms with Gasteiger partial charge in [0.1, 0.15) is 28.9 Å². The Bertz CT molecular complexity index is 1370. The summed E-state index contributed by atoms with van der Waals surface area (Å²) in [6.45, 7) is 1.75. The molecule has 3 aliphatic carbocycles. The van der Waals surface area contributed by atoms with E-state index in [0.717, 1.165) is 18.2 Å². The molecule has 0 spiro atoms. The smallest absolute Gasteiger partial charge is 0.290 e. The number of ether oxygens (including phenoxy) is 1. The van der Waals surface area contributed by atoms with Crippen molar-refractivity contribution in [2.75, 3.05) is 6.61 Å². The van der Waals surface area contributed by atoms with Gasteiger partial charge in [0.2, 0.25) is 5.76 Å². The van der Waals surface area contributed by atoms with E-state index in [0.29, 0.717) is 32.1 Å². The predicted octanol–water partition coefficient (Wildman–Crippen LogP) is 5.43. The van der Waals surface area contributed by atoms with Crippen LogP contribution in [-0.4, -0.2) is 34.7 Å². The summed E-state index contributed by atoms with van der Waals surface area (Å²) in [4.78, 5) is 25.7. The van der Waals surface area contributed by atoms with Gasteiger partial charge in [-0.05, 0) is 62.3 Å². The number of fused-ring (bicyclic) bond motifs is 3. The lowest BCUT2D eigenvalue weighted by molar-refractivity contribution is -0.128. The molecule has 2 bridgehead atoms. The van der Waals surface area contributed by atoms with Crippen molar-refractivity contribution in [2.45, 2.75) is 50.1 Å². The van der Waals surface area contributed by atoms with Crippen LogP contribution in [0.2, 0.25) is 5.02 Å². The van der Waals surface area contributed by atoms with E-state index in [1.54, 1.807) is 0 Å². The number of amides is 2. The Hall–Kier alpha value is -3.53. The molecule has 38 heavy (non-hydrogen) atoms. The summed E-state index contributed by atoms with van der Waals surface area (Å²) in [5.74, 6) is -2.97. The number of aromatic nitrogens is 1. The van der Waals surface area contributed by atoms with Crippen molar-refractivity contribution in [2.24, 2.45) is 5.92 Å². The molecule has 2 aromatic carbocycles. The normalized spacial score (nSPS) is 24.2. The summed E-state index contributed by atoms with van der Waals surface area (Å²) in [5.41, 5.74) is -1.41. The molecule has 3 fully saturated rings. The molecule has 3 aromatic rings. The summed E-state index contributed by atoms with van der Waals surface area (Å²) in [5, 5.41) is 9.80. The highest BCUT2D eigenvalue weighted by Crippen LogP contribution is 2.50. The molecular weight excluding hydrogens is 523 g/mol. The second-order valence-corrected chi connectivity index (χ2v) is 10.5. The van der Waals surface area contributed by atoms with Crippen LogP contribution in [0.1, 0.15) is 49.6 Å². The molecule has 3 saturated carbocycles. The van der Waals surface area contributed by atoms with Gasteiger partial charge in [-0.1, -0.05) is 29.7 Å². The molecule has 3 aliphatic rings. The van der Waals surface area contributed by atoms with Gasteiger partial charge in [0, 0.05) is 23.2 Å². The fraction of sp³-hybridized carbons (Fsp3) is 0.370. The topological polar surface area (TPSA) is 93.5 Å². The fourth-order valence-electron chi connectivity index (χ4n) is 5.65. The number of hydrogen-bond acceptors (Lipinski definition) is 5. The van der Waals surface area contributed by atoms with Crippen molar-refractivity contribution in [3.05, 3.63) is 70.7 Å². The second-order valence-electron chi connectivity index (χ2n) is 10.1. The van der Waals surface area contributed by atoms with E-state index in [9.17, 15) is 22.8 Å². The van der Waals surface area contributed by atoms with Crippen LogP contribution in [-0.2, 0) is 4.79 Å². The fourth-order valence-corrected chi connectivity index (χ4v) is 5.77. The minimum absolute atomic E-state index is 0.0303. The zero-order valence-electron chi connectivity index (χ0n) is 20.5. The van der Waals surface area contributed by atoms with Gasteiger partial charge in [0.15, 0.2) is 6.61 Å². The Balaban J connectivity index is 1.20. The molecule has 1 heterocycles. The van der Waals surface area contributed by atoms with Crippen molar-refractivity contribution >= 4 is 23.4 Å². The monoisotopic (exact) mass is 547 g/mol. The van der Waals surface area contributed by atoms with Gasteiger partial charge in [0.25, 0.3) is 11.8 Å². The Morgan fingerprint density at radius 2 is 1.76 bits per heavy atom. The van der Waals surface area contributed by atoms with Crippen molar-refractivity contribution in [1.29, 1.82) is 0 Å². The van der Waals surface area contributed by atoms with E-state index in [2.05, 4.69) is 15.8 Å². The third-order valence-corrected chi connectivity index (χ3v) is 8.03. The third-order valence-electron chi connectivity index (χ3n) is 7.72. The summed E-state index contributed by atoms with van der Waals surface area (Å²) in [6.07, 6.45) is 3.13. The Morgan fingerprint density at radius 3 is 2.42 bits per heavy atom. The summed E-state index contributed by atoms with van der Waals surface area (Å²) in [7, 11) is 0. The van der Waals surface area contributed by atoms with Gasteiger partial charge in [-0.2, -0.15) is 0 Å². The third kappa shape index (κ3) is 4.97. The molecule has 7 nitrogen and oxygen atoms in total. The first kappa shape index (κ1) is 26.1. The molecule has 1 atom stereocenters. The average Bonchev–Trinajstić information content (AvgIpc) is 3.36. The lowest BCUT2D eigenvalue weighted by Gasteiger charge is -2.57. The second kappa shape index (κ2) is 9.98. The zero-order valence-corrected chi connectivity index (χ0v) is 21.2. The summed E-state index contributed by atoms with van der Waals surface area (Å²) in [6, 6.07) is 8.64. The number of carbonyl (C=O) groups excluding carboxylic acids is 2. The lowest BCUT2D eigenvalue weighted by atomic mass is 9.56. The van der Waals surface area contributed by atoms with Crippen LogP contribution in [0.15, 0.2) is 47.0 Å². The first-order valence-corrected chi connectivity index (χ1v) is 12.6. The van der Waals surface area contributed by atoms with E-state index < -0.39 is 34.4 Å². The number of benzene rings is 2. The molecule has 0 saturated heterocycles. The van der Waals surface area contributed by atoms with Crippen LogP contribution < -0.4 is 15.4 Å².